The van der Waals surface area contributed by atoms with E-state index in [0.717, 1.165) is 12.8 Å². The molecule has 0 atom stereocenters. The number of nitrogens with zero attached hydrogens (tertiary/aromatic N) is 2. The summed E-state index contributed by atoms with van der Waals surface area (Å²) in [5, 5.41) is 6.38. The second kappa shape index (κ2) is 6.60. The topological polar surface area (TPSA) is 76.1 Å². The second-order valence-electron chi connectivity index (χ2n) is 5.09. The van der Waals surface area contributed by atoms with Crippen molar-refractivity contribution in [2.75, 3.05) is 17.7 Å². The van der Waals surface area contributed by atoms with Crippen molar-refractivity contribution in [3.8, 4) is 5.75 Å². The summed E-state index contributed by atoms with van der Waals surface area (Å²) < 4.78 is 5.22. The summed E-state index contributed by atoms with van der Waals surface area (Å²) >= 11 is 12.0. The summed E-state index contributed by atoms with van der Waals surface area (Å²) in [7, 11) is 1.51. The van der Waals surface area contributed by atoms with E-state index in [1.807, 2.05) is 0 Å². The van der Waals surface area contributed by atoms with Gasteiger partial charge in [0.15, 0.2) is 0 Å². The molecule has 1 aliphatic carbocycles. The fourth-order valence-corrected chi connectivity index (χ4v) is 2.38. The number of carbonyl (C=O) groups is 1. The summed E-state index contributed by atoms with van der Waals surface area (Å²) in [5.41, 5.74) is 0.692. The average molecular weight is 353 g/mol. The predicted molar refractivity (Wildman–Crippen MR) is 89.6 cm³/mol. The number of aromatic nitrogens is 2. The Kier molecular flexibility index (Phi) is 4.54. The Labute approximate surface area is 143 Å². The maximum atomic E-state index is 12.6. The quantitative estimate of drug-likeness (QED) is 0.803. The van der Waals surface area contributed by atoms with E-state index in [-0.39, 0.29) is 5.28 Å². The molecule has 1 amide bonds. The maximum Gasteiger partial charge on any atom is 0.261 e. The Morgan fingerprint density at radius 2 is 2.13 bits per heavy atom. The maximum absolute atomic E-state index is 12.6. The summed E-state index contributed by atoms with van der Waals surface area (Å²) in [5.74, 6) is 0.490. The van der Waals surface area contributed by atoms with Crippen LogP contribution in [-0.2, 0) is 0 Å². The standard InChI is InChI=1S/C15H14Cl2N4O2/c1-23-11-4-2-3-10(16)12(11)20-14(22)9-7-18-15(17)21-13(9)19-8-5-6-8/h2-4,7-8H,5-6H2,1H3,(H,20,22)(H,18,19,21). The molecule has 0 spiro atoms. The third kappa shape index (κ3) is 3.65. The highest BCUT2D eigenvalue weighted by Crippen LogP contribution is 2.33. The number of benzene rings is 1. The predicted octanol–water partition coefficient (Wildman–Crippen LogP) is 3.62. The van der Waals surface area contributed by atoms with E-state index in [1.54, 1.807) is 18.2 Å². The van der Waals surface area contributed by atoms with E-state index >= 15 is 0 Å². The molecule has 6 nitrogen and oxygen atoms in total. The minimum absolute atomic E-state index is 0.0834. The van der Waals surface area contributed by atoms with Crippen LogP contribution in [0.1, 0.15) is 23.2 Å². The van der Waals surface area contributed by atoms with E-state index < -0.39 is 5.91 Å². The van der Waals surface area contributed by atoms with Crippen molar-refractivity contribution in [3.63, 3.8) is 0 Å². The van der Waals surface area contributed by atoms with Gasteiger partial charge in [-0.2, -0.15) is 4.98 Å². The number of hydrogen-bond donors (Lipinski definition) is 2. The lowest BCUT2D eigenvalue weighted by molar-refractivity contribution is 0.102. The third-order valence-corrected chi connectivity index (χ3v) is 3.85. The fourth-order valence-electron chi connectivity index (χ4n) is 2.03. The molecule has 120 valence electrons. The largest absolute Gasteiger partial charge is 0.495 e. The monoisotopic (exact) mass is 352 g/mol. The highest BCUT2D eigenvalue weighted by atomic mass is 35.5. The van der Waals surface area contributed by atoms with Gasteiger partial charge in [-0.1, -0.05) is 17.7 Å². The number of nitrogens with one attached hydrogen (secondary N) is 2. The van der Waals surface area contributed by atoms with Crippen molar-refractivity contribution in [1.29, 1.82) is 0 Å². The highest BCUT2D eigenvalue weighted by Gasteiger charge is 2.25. The number of anilines is 2. The molecule has 3 rings (SSSR count). The van der Waals surface area contributed by atoms with Crippen molar-refractivity contribution >= 4 is 40.6 Å². The lowest BCUT2D eigenvalue weighted by Crippen LogP contribution is -2.18. The zero-order valence-electron chi connectivity index (χ0n) is 12.3. The van der Waals surface area contributed by atoms with Gasteiger partial charge >= 0.3 is 0 Å². The summed E-state index contributed by atoms with van der Waals surface area (Å²) in [6.07, 6.45) is 3.47. The first-order valence-corrected chi connectivity index (χ1v) is 7.77. The molecule has 0 aliphatic heterocycles. The van der Waals surface area contributed by atoms with Gasteiger partial charge < -0.3 is 15.4 Å². The van der Waals surface area contributed by atoms with Gasteiger partial charge in [0.1, 0.15) is 22.8 Å². The average Bonchev–Trinajstić information content (AvgIpc) is 3.33. The number of rotatable bonds is 5. The SMILES string of the molecule is COc1cccc(Cl)c1NC(=O)c1cnc(Cl)nc1NC1CC1. The second-order valence-corrected chi connectivity index (χ2v) is 5.84. The number of hydrogen-bond acceptors (Lipinski definition) is 5. The van der Waals surface area contributed by atoms with E-state index in [9.17, 15) is 4.79 Å². The molecule has 2 N–H and O–H groups in total. The summed E-state index contributed by atoms with van der Waals surface area (Å²) in [6.45, 7) is 0. The van der Waals surface area contributed by atoms with Crippen molar-refractivity contribution < 1.29 is 9.53 Å². The molecule has 0 bridgehead atoms. The summed E-state index contributed by atoms with van der Waals surface area (Å²) in [6, 6.07) is 5.44. The van der Waals surface area contributed by atoms with Crippen molar-refractivity contribution in [2.24, 2.45) is 0 Å². The van der Waals surface area contributed by atoms with Crippen LogP contribution in [0.3, 0.4) is 0 Å². The van der Waals surface area contributed by atoms with Crippen LogP contribution in [0.4, 0.5) is 11.5 Å². The van der Waals surface area contributed by atoms with Gasteiger partial charge in [0.05, 0.1) is 12.1 Å². The molecule has 1 aliphatic rings. The number of methoxy groups -OCH3 is 1. The van der Waals surface area contributed by atoms with Crippen molar-refractivity contribution in [3.05, 3.63) is 40.3 Å². The number of amides is 1. The molecule has 2 aromatic rings. The van der Waals surface area contributed by atoms with Crippen molar-refractivity contribution in [2.45, 2.75) is 18.9 Å². The smallest absolute Gasteiger partial charge is 0.261 e. The first-order chi connectivity index (χ1) is 11.1. The van der Waals surface area contributed by atoms with Gasteiger partial charge in [0, 0.05) is 12.2 Å². The molecule has 1 aromatic heterocycles. The fraction of sp³-hybridized carbons (Fsp3) is 0.267. The van der Waals surface area contributed by atoms with Crippen LogP contribution < -0.4 is 15.4 Å². The Balaban J connectivity index is 1.89. The normalized spacial score (nSPS) is 13.5. The molecule has 1 fully saturated rings. The first kappa shape index (κ1) is 15.8. The molecule has 0 radical (unpaired) electrons. The molecule has 0 saturated heterocycles. The number of carbonyl (C=O) groups excluding carboxylic acids is 1. The van der Waals surface area contributed by atoms with Gasteiger partial charge in [0.25, 0.3) is 5.91 Å². The van der Waals surface area contributed by atoms with Crippen LogP contribution >= 0.6 is 23.2 Å². The number of para-hydroxylation sites is 1. The molecular weight excluding hydrogens is 339 g/mol. The zero-order valence-corrected chi connectivity index (χ0v) is 13.8. The Hall–Kier alpha value is -2.05. The molecule has 1 aromatic carbocycles. The minimum atomic E-state index is -0.392. The van der Waals surface area contributed by atoms with Crippen LogP contribution in [0, 0.1) is 0 Å². The molecule has 0 unspecified atom stereocenters. The summed E-state index contributed by atoms with van der Waals surface area (Å²) in [4.78, 5) is 20.6. The Morgan fingerprint density at radius 3 is 2.83 bits per heavy atom. The molecule has 8 heteroatoms. The minimum Gasteiger partial charge on any atom is -0.495 e. The van der Waals surface area contributed by atoms with E-state index in [4.69, 9.17) is 27.9 Å². The van der Waals surface area contributed by atoms with Crippen LogP contribution in [0.15, 0.2) is 24.4 Å². The van der Waals surface area contributed by atoms with Crippen molar-refractivity contribution in [1.82, 2.24) is 9.97 Å². The molecule has 1 saturated carbocycles. The Morgan fingerprint density at radius 1 is 1.35 bits per heavy atom. The van der Waals surface area contributed by atoms with Gasteiger partial charge in [-0.25, -0.2) is 4.98 Å². The zero-order chi connectivity index (χ0) is 16.4. The van der Waals surface area contributed by atoms with E-state index in [0.29, 0.717) is 33.9 Å². The Bertz CT molecular complexity index is 750. The number of ether oxygens (including phenoxy) is 1. The van der Waals surface area contributed by atoms with E-state index in [2.05, 4.69) is 20.6 Å². The van der Waals surface area contributed by atoms with Gasteiger partial charge in [-0.3, -0.25) is 4.79 Å². The van der Waals surface area contributed by atoms with Crippen LogP contribution in [-0.4, -0.2) is 29.0 Å². The number of halogens is 2. The molecule has 23 heavy (non-hydrogen) atoms. The molecular formula is C15H14Cl2N4O2. The van der Waals surface area contributed by atoms with Gasteiger partial charge in [0.2, 0.25) is 5.28 Å². The lowest BCUT2D eigenvalue weighted by atomic mass is 10.2. The van der Waals surface area contributed by atoms with Crippen LogP contribution in [0.2, 0.25) is 10.3 Å². The first-order valence-electron chi connectivity index (χ1n) is 7.01. The van der Waals surface area contributed by atoms with Crippen LogP contribution in [0.25, 0.3) is 0 Å². The van der Waals surface area contributed by atoms with E-state index in [1.165, 1.54) is 13.3 Å². The van der Waals surface area contributed by atoms with Crippen LogP contribution in [0.5, 0.6) is 5.75 Å². The third-order valence-electron chi connectivity index (χ3n) is 3.36. The van der Waals surface area contributed by atoms with Gasteiger partial charge in [-0.15, -0.1) is 0 Å². The highest BCUT2D eigenvalue weighted by molar-refractivity contribution is 6.34. The lowest BCUT2D eigenvalue weighted by Gasteiger charge is -2.13. The molecule has 1 heterocycles. The van der Waals surface area contributed by atoms with Gasteiger partial charge in [-0.05, 0) is 36.6 Å².